The van der Waals surface area contributed by atoms with Crippen LogP contribution in [0.1, 0.15) is 44.9 Å². The molecule has 0 aromatic heterocycles. The quantitative estimate of drug-likeness (QED) is 0.816. The van der Waals surface area contributed by atoms with Crippen molar-refractivity contribution < 1.29 is 9.90 Å². The fraction of sp³-hybridized carbons (Fsp3) is 0.929. The van der Waals surface area contributed by atoms with Crippen molar-refractivity contribution in [3.8, 4) is 0 Å². The maximum Gasteiger partial charge on any atom is 0.317 e. The van der Waals surface area contributed by atoms with Gasteiger partial charge in [0.2, 0.25) is 0 Å². The van der Waals surface area contributed by atoms with Crippen LogP contribution in [0.3, 0.4) is 0 Å². The van der Waals surface area contributed by atoms with E-state index in [1.54, 1.807) is 0 Å². The Bertz CT molecular complexity index is 305. The molecule has 3 nitrogen and oxygen atoms in total. The zero-order valence-electron chi connectivity index (χ0n) is 10.5. The molecule has 2 bridgehead atoms. The number of carboxylic acids is 1. The van der Waals surface area contributed by atoms with Gasteiger partial charge in [-0.1, -0.05) is 6.42 Å². The van der Waals surface area contributed by atoms with Crippen molar-refractivity contribution >= 4 is 5.97 Å². The van der Waals surface area contributed by atoms with Gasteiger partial charge >= 0.3 is 5.97 Å². The lowest BCUT2D eigenvalue weighted by Crippen LogP contribution is -2.36. The van der Waals surface area contributed by atoms with Crippen LogP contribution in [0.5, 0.6) is 0 Å². The third-order valence-corrected chi connectivity index (χ3v) is 5.30. The minimum atomic E-state index is -0.662. The molecule has 3 aliphatic rings. The first-order chi connectivity index (χ1) is 8.22. The van der Waals surface area contributed by atoms with Crippen molar-refractivity contribution in [1.29, 1.82) is 0 Å². The van der Waals surface area contributed by atoms with Crippen LogP contribution in [0.4, 0.5) is 0 Å². The highest BCUT2D eigenvalue weighted by atomic mass is 16.4. The first-order valence-electron chi connectivity index (χ1n) is 7.18. The monoisotopic (exact) mass is 237 g/mol. The second kappa shape index (κ2) is 4.60. The molecular weight excluding hydrogens is 214 g/mol. The van der Waals surface area contributed by atoms with E-state index in [1.807, 2.05) is 0 Å². The van der Waals surface area contributed by atoms with Crippen molar-refractivity contribution in [2.45, 2.75) is 51.0 Å². The van der Waals surface area contributed by atoms with Gasteiger partial charge in [0.25, 0.3) is 0 Å². The standard InChI is InChI=1S/C14H23NO2/c16-14(17)9-15-5-1-2-13(15)8-12-7-10-3-4-11(12)6-10/h10-13H,1-9H2,(H,16,17). The summed E-state index contributed by atoms with van der Waals surface area (Å²) in [6.07, 6.45) is 9.50. The minimum absolute atomic E-state index is 0.255. The fourth-order valence-corrected chi connectivity index (χ4v) is 4.56. The zero-order chi connectivity index (χ0) is 11.8. The number of hydrogen-bond donors (Lipinski definition) is 1. The summed E-state index contributed by atoms with van der Waals surface area (Å²) in [5, 5.41) is 8.92. The van der Waals surface area contributed by atoms with Crippen molar-refractivity contribution in [3.05, 3.63) is 0 Å². The van der Waals surface area contributed by atoms with Gasteiger partial charge < -0.3 is 5.11 Å². The molecule has 1 aliphatic heterocycles. The number of nitrogens with zero attached hydrogens (tertiary/aromatic N) is 1. The summed E-state index contributed by atoms with van der Waals surface area (Å²) >= 11 is 0. The lowest BCUT2D eigenvalue weighted by molar-refractivity contribution is -0.138. The molecule has 4 unspecified atom stereocenters. The Kier molecular flexibility index (Phi) is 3.12. The molecule has 3 fully saturated rings. The molecule has 1 heterocycles. The Morgan fingerprint density at radius 2 is 2.12 bits per heavy atom. The summed E-state index contributed by atoms with van der Waals surface area (Å²) < 4.78 is 0. The van der Waals surface area contributed by atoms with Crippen LogP contribution < -0.4 is 0 Å². The average Bonchev–Trinajstić information content (AvgIpc) is 2.95. The van der Waals surface area contributed by atoms with Gasteiger partial charge in [0.05, 0.1) is 6.54 Å². The number of carbonyl (C=O) groups is 1. The molecule has 2 saturated carbocycles. The summed E-state index contributed by atoms with van der Waals surface area (Å²) in [7, 11) is 0. The second-order valence-corrected chi connectivity index (χ2v) is 6.33. The van der Waals surface area contributed by atoms with Gasteiger partial charge in [-0.05, 0) is 62.8 Å². The molecule has 2 aliphatic carbocycles. The molecule has 3 rings (SSSR count). The zero-order valence-corrected chi connectivity index (χ0v) is 10.5. The Hall–Kier alpha value is -0.570. The first-order valence-corrected chi connectivity index (χ1v) is 7.18. The summed E-state index contributed by atoms with van der Waals surface area (Å²) in [4.78, 5) is 13.0. The van der Waals surface area contributed by atoms with E-state index < -0.39 is 5.97 Å². The molecule has 1 N–H and O–H groups in total. The Labute approximate surface area is 103 Å². The molecule has 0 aromatic rings. The molecule has 0 amide bonds. The normalized spacial score (nSPS) is 41.2. The van der Waals surface area contributed by atoms with Gasteiger partial charge in [0, 0.05) is 6.04 Å². The van der Waals surface area contributed by atoms with Gasteiger partial charge in [0.15, 0.2) is 0 Å². The number of aliphatic carboxylic acids is 1. The van der Waals surface area contributed by atoms with Gasteiger partial charge in [0.1, 0.15) is 0 Å². The SMILES string of the molecule is O=C(O)CN1CCCC1CC1CC2CCC1C2. The largest absolute Gasteiger partial charge is 0.480 e. The van der Waals surface area contributed by atoms with Crippen LogP contribution in [-0.2, 0) is 4.79 Å². The van der Waals surface area contributed by atoms with Gasteiger partial charge in [-0.2, -0.15) is 0 Å². The fourth-order valence-electron chi connectivity index (χ4n) is 4.56. The van der Waals surface area contributed by atoms with Crippen LogP contribution >= 0.6 is 0 Å². The van der Waals surface area contributed by atoms with Gasteiger partial charge in [-0.3, -0.25) is 9.69 Å². The average molecular weight is 237 g/mol. The number of fused-ring (bicyclic) bond motifs is 2. The van der Waals surface area contributed by atoms with E-state index in [0.717, 1.165) is 24.3 Å². The van der Waals surface area contributed by atoms with Crippen molar-refractivity contribution in [2.24, 2.45) is 17.8 Å². The lowest BCUT2D eigenvalue weighted by Gasteiger charge is -2.29. The molecular formula is C14H23NO2. The van der Waals surface area contributed by atoms with E-state index >= 15 is 0 Å². The predicted molar refractivity (Wildman–Crippen MR) is 65.8 cm³/mol. The Morgan fingerprint density at radius 1 is 1.24 bits per heavy atom. The van der Waals surface area contributed by atoms with Crippen LogP contribution in [0.2, 0.25) is 0 Å². The highest BCUT2D eigenvalue weighted by Crippen LogP contribution is 2.50. The molecule has 0 aromatic carbocycles. The second-order valence-electron chi connectivity index (χ2n) is 6.33. The van der Waals surface area contributed by atoms with E-state index in [-0.39, 0.29) is 6.54 Å². The van der Waals surface area contributed by atoms with Crippen LogP contribution in [0, 0.1) is 17.8 Å². The van der Waals surface area contributed by atoms with Crippen LogP contribution in [0.25, 0.3) is 0 Å². The summed E-state index contributed by atoms with van der Waals surface area (Å²) in [5.41, 5.74) is 0. The minimum Gasteiger partial charge on any atom is -0.480 e. The number of rotatable bonds is 4. The molecule has 4 atom stereocenters. The van der Waals surface area contributed by atoms with Crippen LogP contribution in [0.15, 0.2) is 0 Å². The third-order valence-electron chi connectivity index (χ3n) is 5.30. The van der Waals surface area contributed by atoms with Crippen LogP contribution in [-0.4, -0.2) is 35.1 Å². The lowest BCUT2D eigenvalue weighted by atomic mass is 9.84. The summed E-state index contributed by atoms with van der Waals surface area (Å²) in [5.74, 6) is 2.24. The Balaban J connectivity index is 1.55. The third kappa shape index (κ3) is 2.35. The highest BCUT2D eigenvalue weighted by Gasteiger charge is 2.41. The van der Waals surface area contributed by atoms with Crippen molar-refractivity contribution in [3.63, 3.8) is 0 Å². The number of carboxylic acid groups (broad SMARTS) is 1. The highest BCUT2D eigenvalue weighted by molar-refractivity contribution is 5.69. The topological polar surface area (TPSA) is 40.5 Å². The first kappa shape index (κ1) is 11.5. The van der Waals surface area contributed by atoms with E-state index in [4.69, 9.17) is 5.11 Å². The van der Waals surface area contributed by atoms with E-state index in [0.29, 0.717) is 6.04 Å². The number of hydrogen-bond acceptors (Lipinski definition) is 2. The molecule has 3 heteroatoms. The predicted octanol–water partition coefficient (Wildman–Crippen LogP) is 2.36. The van der Waals surface area contributed by atoms with E-state index in [9.17, 15) is 4.79 Å². The molecule has 0 spiro atoms. The Morgan fingerprint density at radius 3 is 2.76 bits per heavy atom. The maximum atomic E-state index is 10.8. The van der Waals surface area contributed by atoms with Crippen molar-refractivity contribution in [1.82, 2.24) is 4.90 Å². The number of likely N-dealkylation sites (tertiary alicyclic amines) is 1. The molecule has 1 saturated heterocycles. The maximum absolute atomic E-state index is 10.8. The van der Waals surface area contributed by atoms with E-state index in [1.165, 1.54) is 44.9 Å². The van der Waals surface area contributed by atoms with E-state index in [2.05, 4.69) is 4.90 Å². The summed E-state index contributed by atoms with van der Waals surface area (Å²) in [6.45, 7) is 1.25. The van der Waals surface area contributed by atoms with Gasteiger partial charge in [-0.15, -0.1) is 0 Å². The molecule has 96 valence electrons. The smallest absolute Gasteiger partial charge is 0.317 e. The summed E-state index contributed by atoms with van der Waals surface area (Å²) in [6, 6.07) is 0.565. The van der Waals surface area contributed by atoms with Gasteiger partial charge in [-0.25, -0.2) is 0 Å². The van der Waals surface area contributed by atoms with Crippen molar-refractivity contribution in [2.75, 3.05) is 13.1 Å². The molecule has 17 heavy (non-hydrogen) atoms. The molecule has 0 radical (unpaired) electrons.